The summed E-state index contributed by atoms with van der Waals surface area (Å²) in [4.78, 5) is 24.0. The van der Waals surface area contributed by atoms with Crippen molar-refractivity contribution < 1.29 is 37.4 Å². The predicted octanol–water partition coefficient (Wildman–Crippen LogP) is 8.78. The van der Waals surface area contributed by atoms with Crippen molar-refractivity contribution in [2.24, 2.45) is 0 Å². The summed E-state index contributed by atoms with van der Waals surface area (Å²) in [5.41, 5.74) is 0.190. The number of hydrogen-bond donors (Lipinski definition) is 4. The monoisotopic (exact) mass is 764 g/mol. The van der Waals surface area contributed by atoms with Gasteiger partial charge in [0, 0.05) is 24.4 Å². The number of phenolic OH excluding ortho intramolecular Hbond substituents is 2. The lowest BCUT2D eigenvalue weighted by molar-refractivity contribution is -0.139. The van der Waals surface area contributed by atoms with E-state index in [1.807, 2.05) is 25.1 Å². The molecule has 4 aromatic carbocycles. The fourth-order valence-electron chi connectivity index (χ4n) is 3.41. The van der Waals surface area contributed by atoms with Crippen molar-refractivity contribution in [2.45, 2.75) is 13.1 Å². The van der Waals surface area contributed by atoms with Crippen LogP contribution in [-0.4, -0.2) is 22.0 Å². The smallest absolute Gasteiger partial charge is 0.419 e. The second-order valence-corrected chi connectivity index (χ2v) is 11.0. The van der Waals surface area contributed by atoms with E-state index in [1.165, 1.54) is 24.3 Å². The molecule has 0 spiro atoms. The number of alkyl halides is 3. The van der Waals surface area contributed by atoms with Crippen molar-refractivity contribution in [3.63, 3.8) is 0 Å². The van der Waals surface area contributed by atoms with Crippen LogP contribution in [0.25, 0.3) is 0 Å². The second-order valence-electron chi connectivity index (χ2n) is 8.44. The number of rotatable bonds is 4. The first-order chi connectivity index (χ1) is 19.1. The summed E-state index contributed by atoms with van der Waals surface area (Å²) in [6.07, 6.45) is -4.82. The number of aromatic hydroxyl groups is 2. The molecule has 4 aromatic rings. The molecule has 2 amide bonds. The zero-order valence-corrected chi connectivity index (χ0v) is 25.3. The summed E-state index contributed by atoms with van der Waals surface area (Å²) < 4.78 is 52.5. The lowest BCUT2D eigenvalue weighted by Gasteiger charge is -2.11. The number of hydrogen-bond acceptors (Lipinski definition) is 4. The molecule has 4 rings (SSSR count). The molecule has 214 valence electrons. The van der Waals surface area contributed by atoms with Crippen LogP contribution in [0, 0.1) is 16.3 Å². The van der Waals surface area contributed by atoms with E-state index in [0.717, 1.165) is 19.7 Å². The van der Waals surface area contributed by atoms with Crippen LogP contribution in [0.15, 0.2) is 77.3 Å². The van der Waals surface area contributed by atoms with Crippen molar-refractivity contribution in [1.29, 1.82) is 0 Å². The van der Waals surface area contributed by atoms with Gasteiger partial charge in [0.2, 0.25) is 0 Å². The lowest BCUT2D eigenvalue weighted by Crippen LogP contribution is -2.13. The van der Waals surface area contributed by atoms with Gasteiger partial charge in [0.1, 0.15) is 17.3 Å². The molecule has 0 atom stereocenters. The van der Waals surface area contributed by atoms with Gasteiger partial charge in [-0.25, -0.2) is 4.39 Å². The van der Waals surface area contributed by atoms with Gasteiger partial charge in [-0.15, -0.1) is 0 Å². The third kappa shape index (κ3) is 9.07. The number of halogens is 7. The molecule has 0 saturated heterocycles. The van der Waals surface area contributed by atoms with Gasteiger partial charge < -0.3 is 20.8 Å². The largest absolute Gasteiger partial charge is 0.507 e. The van der Waals surface area contributed by atoms with E-state index < -0.39 is 23.5 Å². The quantitative estimate of drug-likeness (QED) is 0.123. The molecule has 0 aromatic heterocycles. The summed E-state index contributed by atoms with van der Waals surface area (Å²) in [7, 11) is 0. The van der Waals surface area contributed by atoms with E-state index in [0.29, 0.717) is 17.8 Å². The number of benzene rings is 4. The zero-order chi connectivity index (χ0) is 30.5. The van der Waals surface area contributed by atoms with E-state index in [2.05, 4.69) is 49.2 Å². The highest BCUT2D eigenvalue weighted by molar-refractivity contribution is 14.1. The predicted molar refractivity (Wildman–Crippen MR) is 160 cm³/mol. The van der Waals surface area contributed by atoms with Crippen molar-refractivity contribution in [3.05, 3.63) is 114 Å². The molecular weight excluding hydrogens is 747 g/mol. The minimum atomic E-state index is -4.82. The first-order valence-electron chi connectivity index (χ1n) is 11.4. The molecule has 0 radical (unpaired) electrons. The number of anilines is 2. The average Bonchev–Trinajstić information content (AvgIpc) is 2.86. The number of aryl methyl sites for hydroxylation is 1. The van der Waals surface area contributed by atoms with Crippen LogP contribution in [-0.2, 0) is 6.18 Å². The molecule has 0 saturated carbocycles. The number of nitrogens with one attached hydrogen (secondary N) is 2. The summed E-state index contributed by atoms with van der Waals surface area (Å²) in [6, 6.07) is 16.2. The number of carbonyl (C=O) groups excluding carboxylic acids is 2. The van der Waals surface area contributed by atoms with Gasteiger partial charge >= 0.3 is 6.18 Å². The first-order valence-corrected chi connectivity index (χ1v) is 13.6. The number of amides is 2. The van der Waals surface area contributed by atoms with E-state index in [9.17, 15) is 37.4 Å². The Balaban J connectivity index is 0.000000228. The number of phenols is 2. The summed E-state index contributed by atoms with van der Waals surface area (Å²) in [6.45, 7) is 1.95. The molecular formula is C28H19BrClF4IN2O4. The van der Waals surface area contributed by atoms with Crippen LogP contribution in [0.3, 0.4) is 0 Å². The fraction of sp³-hybridized carbons (Fsp3) is 0.0714. The molecule has 0 fully saturated rings. The molecule has 4 N–H and O–H groups in total. The van der Waals surface area contributed by atoms with Crippen LogP contribution in [0.5, 0.6) is 11.5 Å². The Labute approximate surface area is 258 Å². The lowest BCUT2D eigenvalue weighted by atomic mass is 10.1. The molecule has 0 aliphatic rings. The highest BCUT2D eigenvalue weighted by Gasteiger charge is 2.34. The Morgan fingerprint density at radius 3 is 2.00 bits per heavy atom. The minimum absolute atomic E-state index is 0.0235. The average molecular weight is 766 g/mol. The zero-order valence-electron chi connectivity index (χ0n) is 20.8. The van der Waals surface area contributed by atoms with Crippen LogP contribution >= 0.6 is 50.1 Å². The molecule has 0 unspecified atom stereocenters. The van der Waals surface area contributed by atoms with Gasteiger partial charge in [-0.1, -0.05) is 27.5 Å². The highest BCUT2D eigenvalue weighted by Crippen LogP contribution is 2.33. The van der Waals surface area contributed by atoms with E-state index in [-0.39, 0.29) is 39.2 Å². The van der Waals surface area contributed by atoms with Crippen molar-refractivity contribution in [2.75, 3.05) is 10.6 Å². The maximum absolute atomic E-state index is 13.4. The topological polar surface area (TPSA) is 98.7 Å². The van der Waals surface area contributed by atoms with Gasteiger partial charge in [-0.05, 0) is 108 Å². The van der Waals surface area contributed by atoms with Crippen LogP contribution in [0.1, 0.15) is 31.8 Å². The highest BCUT2D eigenvalue weighted by atomic mass is 127. The van der Waals surface area contributed by atoms with Gasteiger partial charge in [0.15, 0.2) is 0 Å². The van der Waals surface area contributed by atoms with Gasteiger partial charge in [0.25, 0.3) is 11.8 Å². The summed E-state index contributed by atoms with van der Waals surface area (Å²) in [5.74, 6) is -3.06. The van der Waals surface area contributed by atoms with Gasteiger partial charge in [-0.2, -0.15) is 13.2 Å². The number of carbonyl (C=O) groups is 2. The van der Waals surface area contributed by atoms with Crippen molar-refractivity contribution in [3.8, 4) is 11.5 Å². The Bertz CT molecular complexity index is 1600. The maximum Gasteiger partial charge on any atom is 0.419 e. The summed E-state index contributed by atoms with van der Waals surface area (Å²) in [5, 5.41) is 24.4. The Hall–Kier alpha value is -3.36. The normalized spacial score (nSPS) is 10.8. The van der Waals surface area contributed by atoms with Crippen molar-refractivity contribution >= 4 is 73.3 Å². The second kappa shape index (κ2) is 13.5. The molecule has 6 nitrogen and oxygen atoms in total. The minimum Gasteiger partial charge on any atom is -0.507 e. The molecule has 0 heterocycles. The molecule has 0 aliphatic heterocycles. The van der Waals surface area contributed by atoms with Crippen molar-refractivity contribution in [1.82, 2.24) is 0 Å². The van der Waals surface area contributed by atoms with Crippen LogP contribution in [0.4, 0.5) is 28.9 Å². The Morgan fingerprint density at radius 2 is 1.41 bits per heavy atom. The first kappa shape index (κ1) is 32.2. The summed E-state index contributed by atoms with van der Waals surface area (Å²) >= 11 is 11.2. The Kier molecular flexibility index (Phi) is 10.6. The van der Waals surface area contributed by atoms with E-state index in [4.69, 9.17) is 11.6 Å². The van der Waals surface area contributed by atoms with Gasteiger partial charge in [0.05, 0.1) is 16.7 Å². The molecule has 13 heteroatoms. The van der Waals surface area contributed by atoms with Crippen LogP contribution in [0.2, 0.25) is 5.02 Å². The molecule has 0 aliphatic carbocycles. The van der Waals surface area contributed by atoms with Gasteiger partial charge in [-0.3, -0.25) is 9.59 Å². The third-order valence-corrected chi connectivity index (χ3v) is 6.60. The maximum atomic E-state index is 13.4. The van der Waals surface area contributed by atoms with E-state index in [1.54, 1.807) is 12.1 Å². The van der Waals surface area contributed by atoms with E-state index >= 15 is 0 Å². The standard InChI is InChI=1S/C14H11BrINO2.C14H8ClF4NO2/c1-8-4-9(15)6-11(5-8)17-14(19)12-7-10(16)2-3-13(12)18;15-7-1-4-12(21)9(5-7)13(22)20-8-2-3-10(11(16)6-8)14(17,18)19/h2-7,18H,1H3,(H,17,19);1-6,21H,(H,20,22). The Morgan fingerprint density at radius 1 is 0.829 bits per heavy atom. The SMILES string of the molecule is Cc1cc(Br)cc(NC(=O)c2cc(I)ccc2O)c1.O=C(Nc1ccc(C(F)(F)F)c(F)c1)c1cc(Cl)ccc1O. The van der Waals surface area contributed by atoms with Crippen LogP contribution < -0.4 is 10.6 Å². The molecule has 41 heavy (non-hydrogen) atoms. The molecule has 0 bridgehead atoms. The fourth-order valence-corrected chi connectivity index (χ4v) is 4.68. The third-order valence-electron chi connectivity index (χ3n) is 5.24.